The lowest BCUT2D eigenvalue weighted by atomic mass is 9.83. The van der Waals surface area contributed by atoms with E-state index in [4.69, 9.17) is 15.2 Å². The van der Waals surface area contributed by atoms with Crippen LogP contribution in [0.5, 0.6) is 0 Å². The second-order valence-corrected chi connectivity index (χ2v) is 6.63. The van der Waals surface area contributed by atoms with E-state index in [2.05, 4.69) is 19.1 Å². The Morgan fingerprint density at radius 2 is 1.46 bits per heavy atom. The highest BCUT2D eigenvalue weighted by molar-refractivity contribution is 5.21. The number of methoxy groups -OCH3 is 2. The number of ether oxygens (including phenoxy) is 2. The molecule has 0 amide bonds. The molecule has 0 aliphatic heterocycles. The van der Waals surface area contributed by atoms with E-state index in [1.54, 1.807) is 14.2 Å². The van der Waals surface area contributed by atoms with Gasteiger partial charge in [0.1, 0.15) is 0 Å². The number of benzene rings is 1. The van der Waals surface area contributed by atoms with Crippen molar-refractivity contribution in [2.45, 2.75) is 70.5 Å². The Balaban J connectivity index is 2.77. The molecule has 0 heterocycles. The minimum atomic E-state index is -0.667. The number of hydrogen-bond donors (Lipinski definition) is 1. The van der Waals surface area contributed by atoms with Crippen LogP contribution in [0.1, 0.15) is 70.3 Å². The van der Waals surface area contributed by atoms with Gasteiger partial charge in [0, 0.05) is 25.7 Å². The Bertz CT molecular complexity index is 404. The van der Waals surface area contributed by atoms with Gasteiger partial charge in [0.15, 0.2) is 5.79 Å². The average molecular weight is 336 g/mol. The van der Waals surface area contributed by atoms with Crippen LogP contribution in [0.25, 0.3) is 0 Å². The van der Waals surface area contributed by atoms with Crippen molar-refractivity contribution >= 4 is 0 Å². The van der Waals surface area contributed by atoms with E-state index in [9.17, 15) is 0 Å². The summed E-state index contributed by atoms with van der Waals surface area (Å²) >= 11 is 0. The van der Waals surface area contributed by atoms with E-state index in [1.807, 2.05) is 18.2 Å². The van der Waals surface area contributed by atoms with Crippen molar-refractivity contribution in [3.63, 3.8) is 0 Å². The molecular weight excluding hydrogens is 298 g/mol. The van der Waals surface area contributed by atoms with Crippen molar-refractivity contribution in [3.8, 4) is 0 Å². The van der Waals surface area contributed by atoms with E-state index in [1.165, 1.54) is 38.5 Å². The summed E-state index contributed by atoms with van der Waals surface area (Å²) in [6, 6.07) is 10.3. The average Bonchev–Trinajstić information content (AvgIpc) is 2.64. The molecule has 24 heavy (non-hydrogen) atoms. The zero-order valence-electron chi connectivity index (χ0n) is 15.9. The first-order valence-corrected chi connectivity index (χ1v) is 9.61. The monoisotopic (exact) mass is 335 g/mol. The molecule has 0 saturated heterocycles. The SMILES string of the molecule is CCCCCCCCC(CCCN)C(OC)(OC)c1ccccc1. The van der Waals surface area contributed by atoms with E-state index in [0.717, 1.165) is 24.8 Å². The van der Waals surface area contributed by atoms with Crippen molar-refractivity contribution in [1.82, 2.24) is 0 Å². The van der Waals surface area contributed by atoms with Crippen LogP contribution in [0.3, 0.4) is 0 Å². The fraction of sp³-hybridized carbons (Fsp3) is 0.714. The third-order valence-electron chi connectivity index (χ3n) is 4.98. The molecule has 0 bridgehead atoms. The maximum atomic E-state index is 5.96. The second-order valence-electron chi connectivity index (χ2n) is 6.63. The van der Waals surface area contributed by atoms with Crippen molar-refractivity contribution in [1.29, 1.82) is 0 Å². The molecule has 1 aromatic carbocycles. The molecule has 0 aliphatic rings. The Morgan fingerprint density at radius 3 is 2.04 bits per heavy atom. The van der Waals surface area contributed by atoms with Gasteiger partial charge in [0.2, 0.25) is 0 Å². The number of nitrogens with two attached hydrogens (primary N) is 1. The first-order chi connectivity index (χ1) is 11.7. The van der Waals surface area contributed by atoms with Gasteiger partial charge in [-0.25, -0.2) is 0 Å². The van der Waals surface area contributed by atoms with Crippen molar-refractivity contribution in [2.24, 2.45) is 11.7 Å². The van der Waals surface area contributed by atoms with Crippen LogP contribution in [0.4, 0.5) is 0 Å². The van der Waals surface area contributed by atoms with Gasteiger partial charge < -0.3 is 15.2 Å². The van der Waals surface area contributed by atoms with Crippen LogP contribution in [0.15, 0.2) is 30.3 Å². The molecule has 2 N–H and O–H groups in total. The largest absolute Gasteiger partial charge is 0.349 e. The molecule has 1 atom stereocenters. The van der Waals surface area contributed by atoms with Crippen LogP contribution in [0.2, 0.25) is 0 Å². The molecule has 0 aliphatic carbocycles. The van der Waals surface area contributed by atoms with E-state index >= 15 is 0 Å². The molecule has 1 aromatic rings. The van der Waals surface area contributed by atoms with Gasteiger partial charge in [-0.1, -0.05) is 75.8 Å². The standard InChI is InChI=1S/C21H37NO2/c1-4-5-6-7-8-10-14-20(17-13-18-22)21(23-2,24-3)19-15-11-9-12-16-19/h9,11-12,15-16,20H,4-8,10,13-14,17-18,22H2,1-3H3. The summed E-state index contributed by atoms with van der Waals surface area (Å²) in [5.74, 6) is -0.343. The molecule has 3 heteroatoms. The number of unbranched alkanes of at least 4 members (excludes halogenated alkanes) is 5. The van der Waals surface area contributed by atoms with Gasteiger partial charge in [-0.3, -0.25) is 0 Å². The van der Waals surface area contributed by atoms with E-state index in [-0.39, 0.29) is 0 Å². The molecule has 0 saturated carbocycles. The summed E-state index contributed by atoms with van der Waals surface area (Å²) < 4.78 is 11.9. The fourth-order valence-electron chi connectivity index (χ4n) is 3.62. The first kappa shape index (κ1) is 21.1. The smallest absolute Gasteiger partial charge is 0.197 e. The van der Waals surface area contributed by atoms with Crippen molar-refractivity contribution in [3.05, 3.63) is 35.9 Å². The van der Waals surface area contributed by atoms with Crippen molar-refractivity contribution in [2.75, 3.05) is 20.8 Å². The van der Waals surface area contributed by atoms with Gasteiger partial charge >= 0.3 is 0 Å². The van der Waals surface area contributed by atoms with Crippen LogP contribution in [0, 0.1) is 5.92 Å². The predicted octanol–water partition coefficient (Wildman–Crippen LogP) is 5.24. The summed E-state index contributed by atoms with van der Waals surface area (Å²) in [5.41, 5.74) is 6.87. The topological polar surface area (TPSA) is 44.5 Å². The Kier molecular flexibility index (Phi) is 11.0. The lowest BCUT2D eigenvalue weighted by Gasteiger charge is -2.39. The highest BCUT2D eigenvalue weighted by atomic mass is 16.7. The molecule has 3 nitrogen and oxygen atoms in total. The van der Waals surface area contributed by atoms with E-state index < -0.39 is 5.79 Å². The van der Waals surface area contributed by atoms with Gasteiger partial charge in [0.25, 0.3) is 0 Å². The third kappa shape index (κ3) is 6.19. The Morgan fingerprint density at radius 1 is 0.875 bits per heavy atom. The summed E-state index contributed by atoms with van der Waals surface area (Å²) in [5, 5.41) is 0. The lowest BCUT2D eigenvalue weighted by Crippen LogP contribution is -2.39. The minimum Gasteiger partial charge on any atom is -0.349 e. The lowest BCUT2D eigenvalue weighted by molar-refractivity contribution is -0.253. The maximum absolute atomic E-state index is 5.96. The molecule has 0 aromatic heterocycles. The van der Waals surface area contributed by atoms with Gasteiger partial charge in [-0.15, -0.1) is 0 Å². The van der Waals surface area contributed by atoms with Crippen LogP contribution in [-0.4, -0.2) is 20.8 Å². The number of hydrogen-bond acceptors (Lipinski definition) is 3. The molecular formula is C21H37NO2. The zero-order chi connectivity index (χ0) is 17.7. The summed E-state index contributed by atoms with van der Waals surface area (Å²) in [7, 11) is 3.51. The normalized spacial score (nSPS) is 13.2. The highest BCUT2D eigenvalue weighted by Crippen LogP contribution is 2.39. The molecule has 1 unspecified atom stereocenters. The number of rotatable bonds is 14. The minimum absolute atomic E-state index is 0.324. The summed E-state index contributed by atoms with van der Waals surface area (Å²) in [4.78, 5) is 0. The fourth-order valence-corrected chi connectivity index (χ4v) is 3.62. The predicted molar refractivity (Wildman–Crippen MR) is 102 cm³/mol. The van der Waals surface area contributed by atoms with Gasteiger partial charge in [-0.05, 0) is 25.8 Å². The van der Waals surface area contributed by atoms with Crippen LogP contribution >= 0.6 is 0 Å². The zero-order valence-corrected chi connectivity index (χ0v) is 15.9. The van der Waals surface area contributed by atoms with Crippen molar-refractivity contribution < 1.29 is 9.47 Å². The first-order valence-electron chi connectivity index (χ1n) is 9.61. The summed E-state index contributed by atoms with van der Waals surface area (Å²) in [6.07, 6.45) is 11.0. The van der Waals surface area contributed by atoms with Crippen LogP contribution in [-0.2, 0) is 15.3 Å². The molecule has 0 radical (unpaired) electrons. The molecule has 0 spiro atoms. The highest BCUT2D eigenvalue weighted by Gasteiger charge is 2.40. The van der Waals surface area contributed by atoms with E-state index in [0.29, 0.717) is 12.5 Å². The van der Waals surface area contributed by atoms with Gasteiger partial charge in [0.05, 0.1) is 0 Å². The second kappa shape index (κ2) is 12.5. The molecule has 1 rings (SSSR count). The Hall–Kier alpha value is -0.900. The summed E-state index contributed by atoms with van der Waals surface area (Å²) in [6.45, 7) is 2.97. The maximum Gasteiger partial charge on any atom is 0.197 e. The molecule has 138 valence electrons. The Labute approximate surface area is 148 Å². The quantitative estimate of drug-likeness (QED) is 0.373. The third-order valence-corrected chi connectivity index (χ3v) is 4.98. The van der Waals surface area contributed by atoms with Crippen LogP contribution < -0.4 is 5.73 Å². The van der Waals surface area contributed by atoms with Gasteiger partial charge in [-0.2, -0.15) is 0 Å². The molecule has 0 fully saturated rings.